The molecule has 0 spiro atoms. The Morgan fingerprint density at radius 1 is 1.24 bits per heavy atom. The van der Waals surface area contributed by atoms with Gasteiger partial charge in [0.1, 0.15) is 0 Å². The molecule has 0 amide bonds. The van der Waals surface area contributed by atoms with Crippen molar-refractivity contribution in [2.24, 2.45) is 0 Å². The minimum Gasteiger partial charge on any atom is -0.479 e. The molecular weight excluding hydrogens is 241 g/mol. The first-order valence-corrected chi connectivity index (χ1v) is 5.38. The van der Waals surface area contributed by atoms with Crippen LogP contribution in [0.3, 0.4) is 0 Å². The van der Waals surface area contributed by atoms with Crippen LogP contribution in [0.15, 0.2) is 0 Å². The summed E-state index contributed by atoms with van der Waals surface area (Å²) < 4.78 is 45.5. The molecule has 0 aliphatic carbocycles. The van der Waals surface area contributed by atoms with E-state index in [2.05, 4.69) is 4.74 Å². The third-order valence-electron chi connectivity index (χ3n) is 1.93. The van der Waals surface area contributed by atoms with Crippen molar-refractivity contribution in [3.63, 3.8) is 0 Å². The quantitative estimate of drug-likeness (QED) is 0.644. The number of hydrogen-bond donors (Lipinski definition) is 1. The van der Waals surface area contributed by atoms with Crippen molar-refractivity contribution in [3.05, 3.63) is 0 Å². The molecule has 0 saturated heterocycles. The summed E-state index contributed by atoms with van der Waals surface area (Å²) >= 11 is 0. The summed E-state index contributed by atoms with van der Waals surface area (Å²) in [7, 11) is 0. The normalized spacial score (nSPS) is 13.6. The zero-order valence-corrected chi connectivity index (χ0v) is 9.63. The lowest BCUT2D eigenvalue weighted by Crippen LogP contribution is -2.39. The molecule has 0 aliphatic heterocycles. The van der Waals surface area contributed by atoms with Crippen molar-refractivity contribution < 1.29 is 32.5 Å². The minimum atomic E-state index is -4.89. The molecule has 0 fully saturated rings. The molecule has 4 nitrogen and oxygen atoms in total. The highest BCUT2D eigenvalue weighted by Crippen LogP contribution is 2.22. The number of carboxylic acids is 1. The number of alkyl halides is 3. The molecule has 0 rings (SSSR count). The highest BCUT2D eigenvalue weighted by Gasteiger charge is 2.46. The van der Waals surface area contributed by atoms with E-state index < -0.39 is 18.2 Å². The lowest BCUT2D eigenvalue weighted by Gasteiger charge is -2.16. The van der Waals surface area contributed by atoms with Gasteiger partial charge >= 0.3 is 12.1 Å². The fraction of sp³-hybridized carbons (Fsp3) is 0.900. The number of unbranched alkanes of at least 4 members (excludes halogenated alkanes) is 2. The molecule has 0 heterocycles. The zero-order valence-electron chi connectivity index (χ0n) is 9.63. The number of ether oxygens (including phenoxy) is 2. The van der Waals surface area contributed by atoms with Crippen molar-refractivity contribution in [3.8, 4) is 0 Å². The molecule has 102 valence electrons. The second-order valence-electron chi connectivity index (χ2n) is 3.45. The van der Waals surface area contributed by atoms with Crippen molar-refractivity contribution in [2.45, 2.75) is 38.5 Å². The lowest BCUT2D eigenvalue weighted by atomic mass is 10.3. The van der Waals surface area contributed by atoms with Gasteiger partial charge in [-0.25, -0.2) is 4.79 Å². The van der Waals surface area contributed by atoms with Crippen molar-refractivity contribution >= 4 is 5.97 Å². The van der Waals surface area contributed by atoms with Crippen LogP contribution in [0.4, 0.5) is 13.2 Å². The van der Waals surface area contributed by atoms with Crippen LogP contribution in [0.1, 0.15) is 26.2 Å². The fourth-order valence-corrected chi connectivity index (χ4v) is 1.09. The summed E-state index contributed by atoms with van der Waals surface area (Å²) in [6.07, 6.45) is -4.83. The van der Waals surface area contributed by atoms with E-state index in [1.54, 1.807) is 0 Å². The van der Waals surface area contributed by atoms with E-state index in [-0.39, 0.29) is 13.2 Å². The molecule has 0 aromatic rings. The van der Waals surface area contributed by atoms with Crippen LogP contribution in [-0.4, -0.2) is 43.2 Å². The molecule has 0 saturated carbocycles. The highest BCUT2D eigenvalue weighted by atomic mass is 19.4. The van der Waals surface area contributed by atoms with E-state index in [1.807, 2.05) is 6.92 Å². The number of aliphatic carboxylic acids is 1. The Morgan fingerprint density at radius 3 is 2.35 bits per heavy atom. The minimum absolute atomic E-state index is 0.0381. The Morgan fingerprint density at radius 2 is 1.88 bits per heavy atom. The van der Waals surface area contributed by atoms with E-state index in [9.17, 15) is 18.0 Å². The van der Waals surface area contributed by atoms with Gasteiger partial charge in [0.15, 0.2) is 0 Å². The first kappa shape index (κ1) is 16.2. The molecule has 1 atom stereocenters. The van der Waals surface area contributed by atoms with Crippen molar-refractivity contribution in [1.82, 2.24) is 0 Å². The largest absolute Gasteiger partial charge is 0.479 e. The van der Waals surface area contributed by atoms with E-state index in [0.717, 1.165) is 19.3 Å². The van der Waals surface area contributed by atoms with Crippen molar-refractivity contribution in [2.75, 3.05) is 19.8 Å². The van der Waals surface area contributed by atoms with Gasteiger partial charge in [0, 0.05) is 6.61 Å². The Hall–Kier alpha value is -0.820. The standard InChI is InChI=1S/C10H17F3O4/c1-2-3-4-5-16-6-7-17-8(9(14)15)10(11,12)13/h8H,2-7H2,1H3,(H,14,15). The molecule has 0 aliphatic rings. The molecule has 1 N–H and O–H groups in total. The average molecular weight is 258 g/mol. The number of halogens is 3. The molecule has 0 aromatic carbocycles. The summed E-state index contributed by atoms with van der Waals surface area (Å²) in [6, 6.07) is 0. The smallest absolute Gasteiger partial charge is 0.425 e. The Kier molecular flexibility index (Phi) is 7.90. The summed E-state index contributed by atoms with van der Waals surface area (Å²) in [4.78, 5) is 10.3. The van der Waals surface area contributed by atoms with Gasteiger partial charge in [-0.05, 0) is 6.42 Å². The van der Waals surface area contributed by atoms with Crippen LogP contribution in [0.2, 0.25) is 0 Å². The second kappa shape index (κ2) is 8.30. The Balaban J connectivity index is 3.67. The first-order chi connectivity index (χ1) is 7.89. The Bertz CT molecular complexity index is 218. The van der Waals surface area contributed by atoms with Gasteiger partial charge in [-0.2, -0.15) is 13.2 Å². The molecule has 0 aromatic heterocycles. The van der Waals surface area contributed by atoms with Gasteiger partial charge in [-0.3, -0.25) is 0 Å². The highest BCUT2D eigenvalue weighted by molar-refractivity contribution is 5.73. The predicted molar refractivity (Wildman–Crippen MR) is 53.8 cm³/mol. The van der Waals surface area contributed by atoms with Crippen molar-refractivity contribution in [1.29, 1.82) is 0 Å². The summed E-state index contributed by atoms with van der Waals surface area (Å²) in [6.45, 7) is 2.04. The van der Waals surface area contributed by atoms with Crippen LogP contribution in [0.25, 0.3) is 0 Å². The molecular formula is C10H17F3O4. The van der Waals surface area contributed by atoms with Gasteiger partial charge in [0.05, 0.1) is 13.2 Å². The molecule has 17 heavy (non-hydrogen) atoms. The zero-order chi connectivity index (χ0) is 13.3. The van der Waals surface area contributed by atoms with E-state index in [4.69, 9.17) is 9.84 Å². The van der Waals surface area contributed by atoms with Crippen LogP contribution >= 0.6 is 0 Å². The molecule has 0 radical (unpaired) electrons. The monoisotopic (exact) mass is 258 g/mol. The summed E-state index contributed by atoms with van der Waals surface area (Å²) in [5.74, 6) is -2.04. The van der Waals surface area contributed by atoms with Gasteiger partial charge in [0.25, 0.3) is 6.10 Å². The van der Waals surface area contributed by atoms with E-state index in [0.29, 0.717) is 6.61 Å². The maximum atomic E-state index is 12.1. The van der Waals surface area contributed by atoms with Gasteiger partial charge < -0.3 is 14.6 Å². The second-order valence-corrected chi connectivity index (χ2v) is 3.45. The number of hydrogen-bond acceptors (Lipinski definition) is 3. The summed E-state index contributed by atoms with van der Waals surface area (Å²) in [5, 5.41) is 8.30. The van der Waals surface area contributed by atoms with Crippen LogP contribution in [0.5, 0.6) is 0 Å². The van der Waals surface area contributed by atoms with Crippen LogP contribution in [0, 0.1) is 0 Å². The van der Waals surface area contributed by atoms with E-state index >= 15 is 0 Å². The van der Waals surface area contributed by atoms with Gasteiger partial charge in [0.2, 0.25) is 0 Å². The van der Waals surface area contributed by atoms with Gasteiger partial charge in [-0.15, -0.1) is 0 Å². The first-order valence-electron chi connectivity index (χ1n) is 5.38. The summed E-state index contributed by atoms with van der Waals surface area (Å²) in [5.41, 5.74) is 0. The van der Waals surface area contributed by atoms with E-state index in [1.165, 1.54) is 0 Å². The number of rotatable bonds is 9. The molecule has 0 bridgehead atoms. The predicted octanol–water partition coefficient (Wildman–Crippen LogP) is 2.23. The maximum Gasteiger partial charge on any atom is 0.425 e. The molecule has 7 heteroatoms. The van der Waals surface area contributed by atoms with Crippen LogP contribution < -0.4 is 0 Å². The third-order valence-corrected chi connectivity index (χ3v) is 1.93. The average Bonchev–Trinajstić information content (AvgIpc) is 2.19. The number of carboxylic acid groups (broad SMARTS) is 1. The number of carbonyl (C=O) groups is 1. The van der Waals surface area contributed by atoms with Gasteiger partial charge in [-0.1, -0.05) is 19.8 Å². The lowest BCUT2D eigenvalue weighted by molar-refractivity contribution is -0.229. The molecule has 1 unspecified atom stereocenters. The fourth-order valence-electron chi connectivity index (χ4n) is 1.09. The maximum absolute atomic E-state index is 12.1. The third kappa shape index (κ3) is 7.98. The Labute approximate surface area is 97.7 Å². The van der Waals surface area contributed by atoms with Crippen LogP contribution in [-0.2, 0) is 14.3 Å². The topological polar surface area (TPSA) is 55.8 Å². The SMILES string of the molecule is CCCCCOCCOC(C(=O)O)C(F)(F)F.